The van der Waals surface area contributed by atoms with E-state index < -0.39 is 5.91 Å². The first-order valence-electron chi connectivity index (χ1n) is 9.53. The summed E-state index contributed by atoms with van der Waals surface area (Å²) in [5, 5.41) is 12.3. The lowest BCUT2D eigenvalue weighted by molar-refractivity contribution is -0.112. The zero-order valence-corrected chi connectivity index (χ0v) is 18.8. The number of ether oxygens (including phenoxy) is 2. The van der Waals surface area contributed by atoms with Gasteiger partial charge in [-0.1, -0.05) is 40.2 Å². The van der Waals surface area contributed by atoms with Crippen LogP contribution in [-0.4, -0.2) is 13.0 Å². The van der Waals surface area contributed by atoms with E-state index in [-0.39, 0.29) is 5.57 Å². The minimum atomic E-state index is -0.484. The van der Waals surface area contributed by atoms with Gasteiger partial charge in [0.15, 0.2) is 0 Å². The molecule has 6 heteroatoms. The largest absolute Gasteiger partial charge is 0.497 e. The van der Waals surface area contributed by atoms with Crippen LogP contribution in [0.4, 0.5) is 5.69 Å². The molecule has 0 aliphatic rings. The smallest absolute Gasteiger partial charge is 0.266 e. The Morgan fingerprint density at radius 2 is 1.90 bits per heavy atom. The number of anilines is 1. The fourth-order valence-corrected chi connectivity index (χ4v) is 3.12. The van der Waals surface area contributed by atoms with Crippen LogP contribution in [0.5, 0.6) is 11.5 Å². The zero-order valence-electron chi connectivity index (χ0n) is 17.2. The summed E-state index contributed by atoms with van der Waals surface area (Å²) in [6.45, 7) is 2.27. The quantitative estimate of drug-likeness (QED) is 0.340. The lowest BCUT2D eigenvalue weighted by atomic mass is 10.1. The van der Waals surface area contributed by atoms with E-state index in [4.69, 9.17) is 9.47 Å². The molecule has 0 fully saturated rings. The van der Waals surface area contributed by atoms with Gasteiger partial charge in [0.05, 0.1) is 7.11 Å². The first kappa shape index (κ1) is 22.1. The molecule has 0 saturated carbocycles. The third kappa shape index (κ3) is 6.21. The van der Waals surface area contributed by atoms with E-state index >= 15 is 0 Å². The number of hydrogen-bond donors (Lipinski definition) is 1. The molecule has 5 nitrogen and oxygen atoms in total. The van der Waals surface area contributed by atoms with Gasteiger partial charge in [-0.3, -0.25) is 4.79 Å². The molecule has 3 aromatic rings. The number of nitriles is 1. The van der Waals surface area contributed by atoms with Crippen LogP contribution >= 0.6 is 15.9 Å². The van der Waals surface area contributed by atoms with Gasteiger partial charge in [0.25, 0.3) is 5.91 Å². The number of amides is 1. The second-order valence-electron chi connectivity index (χ2n) is 6.81. The fraction of sp³-hybridized carbons (Fsp3) is 0.120. The van der Waals surface area contributed by atoms with Crippen molar-refractivity contribution in [2.24, 2.45) is 0 Å². The maximum Gasteiger partial charge on any atom is 0.266 e. The zero-order chi connectivity index (χ0) is 22.2. The van der Waals surface area contributed by atoms with E-state index in [1.165, 1.54) is 6.08 Å². The molecule has 31 heavy (non-hydrogen) atoms. The van der Waals surface area contributed by atoms with E-state index in [1.807, 2.05) is 55.5 Å². The Morgan fingerprint density at radius 1 is 1.13 bits per heavy atom. The maximum atomic E-state index is 12.6. The number of methoxy groups -OCH3 is 1. The molecular weight excluding hydrogens is 456 g/mol. The van der Waals surface area contributed by atoms with Crippen molar-refractivity contribution in [1.29, 1.82) is 5.26 Å². The van der Waals surface area contributed by atoms with Crippen molar-refractivity contribution in [3.63, 3.8) is 0 Å². The summed E-state index contributed by atoms with van der Waals surface area (Å²) in [5.74, 6) is 0.645. The molecule has 0 radical (unpaired) electrons. The van der Waals surface area contributed by atoms with Crippen molar-refractivity contribution >= 4 is 33.6 Å². The highest BCUT2D eigenvalue weighted by atomic mass is 79.9. The van der Waals surface area contributed by atoms with Crippen LogP contribution in [0, 0.1) is 18.3 Å². The summed E-state index contributed by atoms with van der Waals surface area (Å²) >= 11 is 3.41. The number of aryl methyl sites for hydroxylation is 1. The molecule has 156 valence electrons. The van der Waals surface area contributed by atoms with Gasteiger partial charge in [-0.2, -0.15) is 5.26 Å². The van der Waals surface area contributed by atoms with Crippen molar-refractivity contribution < 1.29 is 14.3 Å². The van der Waals surface area contributed by atoms with Crippen molar-refractivity contribution in [3.8, 4) is 17.6 Å². The van der Waals surface area contributed by atoms with Crippen LogP contribution in [0.15, 0.2) is 76.8 Å². The van der Waals surface area contributed by atoms with Crippen molar-refractivity contribution in [2.75, 3.05) is 12.4 Å². The number of halogens is 1. The lowest BCUT2D eigenvalue weighted by Gasteiger charge is -2.12. The lowest BCUT2D eigenvalue weighted by Crippen LogP contribution is -2.13. The van der Waals surface area contributed by atoms with Crippen LogP contribution in [-0.2, 0) is 11.4 Å². The average Bonchev–Trinajstić information content (AvgIpc) is 2.77. The van der Waals surface area contributed by atoms with Gasteiger partial charge in [-0.05, 0) is 60.5 Å². The number of nitrogens with one attached hydrogen (secondary N) is 1. The standard InChI is InChI=1S/C25H21BrN2O3/c1-17-4-3-5-22(12-17)28-25(29)20(15-27)13-19-8-11-23(30-2)14-24(19)31-16-18-6-9-21(26)10-7-18/h3-14H,16H2,1-2H3,(H,28,29)/b20-13+. The van der Waals surface area contributed by atoms with E-state index in [0.717, 1.165) is 15.6 Å². The van der Waals surface area contributed by atoms with Crippen LogP contribution in [0.3, 0.4) is 0 Å². The van der Waals surface area contributed by atoms with Crippen LogP contribution < -0.4 is 14.8 Å². The summed E-state index contributed by atoms with van der Waals surface area (Å²) in [6.07, 6.45) is 1.52. The molecule has 0 heterocycles. The Kier molecular flexibility index (Phi) is 7.47. The Hall–Kier alpha value is -3.56. The third-order valence-electron chi connectivity index (χ3n) is 4.47. The monoisotopic (exact) mass is 476 g/mol. The number of benzene rings is 3. The number of carbonyl (C=O) groups excluding carboxylic acids is 1. The summed E-state index contributed by atoms with van der Waals surface area (Å²) in [4.78, 5) is 12.6. The maximum absolute atomic E-state index is 12.6. The van der Waals surface area contributed by atoms with E-state index in [1.54, 1.807) is 31.4 Å². The second kappa shape index (κ2) is 10.5. The van der Waals surface area contributed by atoms with E-state index in [2.05, 4.69) is 21.2 Å². The predicted molar refractivity (Wildman–Crippen MR) is 125 cm³/mol. The van der Waals surface area contributed by atoms with Gasteiger partial charge in [-0.25, -0.2) is 0 Å². The predicted octanol–water partition coefficient (Wildman–Crippen LogP) is 5.89. The average molecular weight is 477 g/mol. The normalized spacial score (nSPS) is 10.8. The number of carbonyl (C=O) groups is 1. The number of rotatable bonds is 7. The van der Waals surface area contributed by atoms with Crippen LogP contribution in [0.1, 0.15) is 16.7 Å². The molecular formula is C25H21BrN2O3. The summed E-state index contributed by atoms with van der Waals surface area (Å²) in [7, 11) is 1.57. The second-order valence-corrected chi connectivity index (χ2v) is 7.73. The topological polar surface area (TPSA) is 71.3 Å². The first-order chi connectivity index (χ1) is 15.0. The van der Waals surface area contributed by atoms with Crippen LogP contribution in [0.25, 0.3) is 6.08 Å². The molecule has 0 aliphatic heterocycles. The SMILES string of the molecule is COc1ccc(/C=C(\C#N)C(=O)Nc2cccc(C)c2)c(OCc2ccc(Br)cc2)c1. The van der Waals surface area contributed by atoms with Gasteiger partial charge < -0.3 is 14.8 Å². The molecule has 3 rings (SSSR count). The first-order valence-corrected chi connectivity index (χ1v) is 10.3. The summed E-state index contributed by atoms with van der Waals surface area (Å²) in [5.41, 5.74) is 3.21. The fourth-order valence-electron chi connectivity index (χ4n) is 2.85. The molecule has 0 unspecified atom stereocenters. The molecule has 0 aliphatic carbocycles. The van der Waals surface area contributed by atoms with Gasteiger partial charge in [-0.15, -0.1) is 0 Å². The van der Waals surface area contributed by atoms with Crippen LogP contribution in [0.2, 0.25) is 0 Å². The summed E-state index contributed by atoms with van der Waals surface area (Å²) in [6, 6.07) is 22.4. The Morgan fingerprint density at radius 3 is 2.58 bits per heavy atom. The molecule has 3 aromatic carbocycles. The molecule has 0 aromatic heterocycles. The third-order valence-corrected chi connectivity index (χ3v) is 5.00. The molecule has 0 saturated heterocycles. The minimum Gasteiger partial charge on any atom is -0.497 e. The minimum absolute atomic E-state index is 0.0276. The molecule has 1 amide bonds. The summed E-state index contributed by atoms with van der Waals surface area (Å²) < 4.78 is 12.3. The van der Waals surface area contributed by atoms with Gasteiger partial charge in [0.1, 0.15) is 29.7 Å². The highest BCUT2D eigenvalue weighted by Crippen LogP contribution is 2.28. The highest BCUT2D eigenvalue weighted by Gasteiger charge is 2.12. The Bertz CT molecular complexity index is 1150. The van der Waals surface area contributed by atoms with Crippen molar-refractivity contribution in [1.82, 2.24) is 0 Å². The molecule has 0 atom stereocenters. The van der Waals surface area contributed by atoms with Crippen molar-refractivity contribution in [3.05, 3.63) is 93.5 Å². The number of nitrogens with zero attached hydrogens (tertiary/aromatic N) is 1. The van der Waals surface area contributed by atoms with Crippen molar-refractivity contribution in [2.45, 2.75) is 13.5 Å². The van der Waals surface area contributed by atoms with Gasteiger partial charge in [0.2, 0.25) is 0 Å². The van der Waals surface area contributed by atoms with Gasteiger partial charge in [0, 0.05) is 21.8 Å². The Labute approximate surface area is 190 Å². The molecule has 1 N–H and O–H groups in total. The van der Waals surface area contributed by atoms with Gasteiger partial charge >= 0.3 is 0 Å². The number of hydrogen-bond acceptors (Lipinski definition) is 4. The Balaban J connectivity index is 1.85. The molecule has 0 bridgehead atoms. The molecule has 0 spiro atoms. The van der Waals surface area contributed by atoms with E-state index in [0.29, 0.717) is 29.4 Å². The highest BCUT2D eigenvalue weighted by molar-refractivity contribution is 9.10. The van der Waals surface area contributed by atoms with E-state index in [9.17, 15) is 10.1 Å².